The summed E-state index contributed by atoms with van der Waals surface area (Å²) in [4.78, 5) is 25.5. The zero-order valence-corrected chi connectivity index (χ0v) is 10.3. The van der Waals surface area contributed by atoms with Crippen LogP contribution in [0.3, 0.4) is 0 Å². The summed E-state index contributed by atoms with van der Waals surface area (Å²) in [6.45, 7) is 2.27. The van der Waals surface area contributed by atoms with Crippen molar-refractivity contribution in [1.82, 2.24) is 14.7 Å². The number of hydrogen-bond donors (Lipinski definition) is 3. The van der Waals surface area contributed by atoms with Crippen molar-refractivity contribution in [3.63, 3.8) is 0 Å². The smallest absolute Gasteiger partial charge is 0.313 e. The van der Waals surface area contributed by atoms with E-state index < -0.39 is 26.2 Å². The fourth-order valence-corrected chi connectivity index (χ4v) is 2.33. The molecule has 0 atom stereocenters. The molecule has 0 bridgehead atoms. The Hall–Kier alpha value is -1.41. The van der Waals surface area contributed by atoms with Gasteiger partial charge in [-0.25, -0.2) is 17.9 Å². The normalized spacial score (nSPS) is 11.6. The van der Waals surface area contributed by atoms with Crippen LogP contribution in [0.4, 0.5) is 0 Å². The van der Waals surface area contributed by atoms with Crippen LogP contribution in [0, 0.1) is 0 Å². The zero-order chi connectivity index (χ0) is 12.9. The van der Waals surface area contributed by atoms with Crippen LogP contribution in [0.25, 0.3) is 0 Å². The average molecular weight is 261 g/mol. The second-order valence-corrected chi connectivity index (χ2v) is 5.28. The molecular formula is C9H15N3O4S. The highest BCUT2D eigenvalue weighted by Crippen LogP contribution is 1.99. The Kier molecular flexibility index (Phi) is 4.64. The molecule has 1 aromatic heterocycles. The van der Waals surface area contributed by atoms with Crippen LogP contribution in [0.5, 0.6) is 0 Å². The van der Waals surface area contributed by atoms with Gasteiger partial charge < -0.3 is 4.98 Å². The molecular weight excluding hydrogens is 246 g/mol. The Morgan fingerprint density at radius 3 is 2.59 bits per heavy atom. The molecule has 1 aromatic rings. The molecule has 0 spiro atoms. The standard InChI is InChI=1S/C9H15N3O4S/c1-2-3-4-5-11-17(15,16)7-6-10-9(14)12-8(7)13/h6,11H,2-5H2,1H3,(H2,10,12,13,14). The van der Waals surface area contributed by atoms with Crippen LogP contribution in [0.15, 0.2) is 20.7 Å². The van der Waals surface area contributed by atoms with Gasteiger partial charge in [0.15, 0.2) is 4.90 Å². The van der Waals surface area contributed by atoms with E-state index in [1.807, 2.05) is 11.9 Å². The molecule has 1 heterocycles. The van der Waals surface area contributed by atoms with Gasteiger partial charge in [-0.05, 0) is 6.42 Å². The van der Waals surface area contributed by atoms with Gasteiger partial charge in [0.25, 0.3) is 5.56 Å². The van der Waals surface area contributed by atoms with E-state index in [2.05, 4.69) is 9.71 Å². The Labute approximate surface area is 98.3 Å². The molecule has 0 unspecified atom stereocenters. The Balaban J connectivity index is 2.83. The van der Waals surface area contributed by atoms with Crippen LogP contribution >= 0.6 is 0 Å². The molecule has 0 radical (unpaired) electrons. The highest BCUT2D eigenvalue weighted by atomic mass is 32.2. The first kappa shape index (κ1) is 13.7. The molecule has 8 heteroatoms. The predicted octanol–water partition coefficient (Wildman–Crippen LogP) is -0.468. The van der Waals surface area contributed by atoms with Gasteiger partial charge in [0.2, 0.25) is 10.0 Å². The lowest BCUT2D eigenvalue weighted by atomic mass is 10.3. The van der Waals surface area contributed by atoms with Crippen LogP contribution in [0.2, 0.25) is 0 Å². The molecule has 0 aliphatic rings. The van der Waals surface area contributed by atoms with E-state index >= 15 is 0 Å². The lowest BCUT2D eigenvalue weighted by Crippen LogP contribution is -2.33. The minimum atomic E-state index is -3.85. The second kappa shape index (κ2) is 5.78. The van der Waals surface area contributed by atoms with Gasteiger partial charge in [0.05, 0.1) is 0 Å². The lowest BCUT2D eigenvalue weighted by Gasteiger charge is -2.04. The third-order valence-electron chi connectivity index (χ3n) is 2.15. The number of sulfonamides is 1. The van der Waals surface area contributed by atoms with Gasteiger partial charge in [-0.15, -0.1) is 0 Å². The van der Waals surface area contributed by atoms with E-state index in [1.165, 1.54) is 0 Å². The van der Waals surface area contributed by atoms with E-state index in [0.29, 0.717) is 6.42 Å². The van der Waals surface area contributed by atoms with E-state index in [0.717, 1.165) is 19.0 Å². The summed E-state index contributed by atoms with van der Waals surface area (Å²) in [6, 6.07) is 0. The molecule has 0 amide bonds. The second-order valence-electron chi connectivity index (χ2n) is 3.54. The molecule has 0 saturated heterocycles. The van der Waals surface area contributed by atoms with Gasteiger partial charge in [-0.2, -0.15) is 0 Å². The van der Waals surface area contributed by atoms with E-state index in [9.17, 15) is 18.0 Å². The monoisotopic (exact) mass is 261 g/mol. The first-order chi connectivity index (χ1) is 7.97. The Morgan fingerprint density at radius 2 is 2.00 bits per heavy atom. The summed E-state index contributed by atoms with van der Waals surface area (Å²) >= 11 is 0. The van der Waals surface area contributed by atoms with Crippen LogP contribution in [-0.2, 0) is 10.0 Å². The minimum Gasteiger partial charge on any atom is -0.313 e. The molecule has 0 fully saturated rings. The SMILES string of the molecule is CCCCCNS(=O)(=O)c1c[nH]c(=O)[nH]c1=O. The molecule has 0 aliphatic carbocycles. The largest absolute Gasteiger partial charge is 0.325 e. The summed E-state index contributed by atoms with van der Waals surface area (Å²) in [7, 11) is -3.85. The van der Waals surface area contributed by atoms with Crippen LogP contribution in [0.1, 0.15) is 26.2 Å². The maximum atomic E-state index is 11.7. The fraction of sp³-hybridized carbons (Fsp3) is 0.556. The molecule has 0 aliphatic heterocycles. The highest BCUT2D eigenvalue weighted by molar-refractivity contribution is 7.89. The van der Waals surface area contributed by atoms with Gasteiger partial charge in [-0.1, -0.05) is 19.8 Å². The van der Waals surface area contributed by atoms with Crippen molar-refractivity contribution in [2.45, 2.75) is 31.1 Å². The lowest BCUT2D eigenvalue weighted by molar-refractivity contribution is 0.573. The van der Waals surface area contributed by atoms with Crippen LogP contribution in [-0.4, -0.2) is 24.9 Å². The quantitative estimate of drug-likeness (QED) is 0.601. The molecule has 1 rings (SSSR count). The summed E-state index contributed by atoms with van der Waals surface area (Å²) in [6.07, 6.45) is 3.48. The van der Waals surface area contributed by atoms with E-state index in [4.69, 9.17) is 0 Å². The maximum absolute atomic E-state index is 11.7. The van der Waals surface area contributed by atoms with Gasteiger partial charge >= 0.3 is 5.69 Å². The topological polar surface area (TPSA) is 112 Å². The molecule has 17 heavy (non-hydrogen) atoms. The van der Waals surface area contributed by atoms with Crippen molar-refractivity contribution in [1.29, 1.82) is 0 Å². The number of H-pyrrole nitrogens is 2. The van der Waals surface area contributed by atoms with Crippen molar-refractivity contribution >= 4 is 10.0 Å². The van der Waals surface area contributed by atoms with Crippen molar-refractivity contribution in [3.8, 4) is 0 Å². The third-order valence-corrected chi connectivity index (χ3v) is 3.61. The molecule has 0 aromatic carbocycles. The van der Waals surface area contributed by atoms with Gasteiger partial charge in [-0.3, -0.25) is 9.78 Å². The Bertz CT molecular complexity index is 572. The number of unbranched alkanes of at least 4 members (excludes halogenated alkanes) is 2. The summed E-state index contributed by atoms with van der Waals surface area (Å²) in [5.74, 6) is 0. The van der Waals surface area contributed by atoms with Crippen molar-refractivity contribution in [2.75, 3.05) is 6.54 Å². The van der Waals surface area contributed by atoms with Crippen molar-refractivity contribution < 1.29 is 8.42 Å². The first-order valence-corrected chi connectivity index (χ1v) is 6.77. The number of rotatable bonds is 6. The Morgan fingerprint density at radius 1 is 1.29 bits per heavy atom. The summed E-state index contributed by atoms with van der Waals surface area (Å²) in [5, 5.41) is 0. The maximum Gasteiger partial charge on any atom is 0.325 e. The number of aromatic nitrogens is 2. The summed E-state index contributed by atoms with van der Waals surface area (Å²) in [5.41, 5.74) is -1.66. The van der Waals surface area contributed by atoms with Crippen LogP contribution < -0.4 is 16.0 Å². The third kappa shape index (κ3) is 3.82. The average Bonchev–Trinajstić information content (AvgIpc) is 2.24. The highest BCUT2D eigenvalue weighted by Gasteiger charge is 2.17. The van der Waals surface area contributed by atoms with Crippen molar-refractivity contribution in [3.05, 3.63) is 27.0 Å². The fourth-order valence-electron chi connectivity index (χ4n) is 1.26. The minimum absolute atomic E-state index is 0.273. The number of nitrogens with one attached hydrogen (secondary N) is 3. The number of hydrogen-bond acceptors (Lipinski definition) is 4. The van der Waals surface area contributed by atoms with Crippen molar-refractivity contribution in [2.24, 2.45) is 0 Å². The first-order valence-electron chi connectivity index (χ1n) is 5.29. The van der Waals surface area contributed by atoms with E-state index in [-0.39, 0.29) is 6.54 Å². The predicted molar refractivity (Wildman–Crippen MR) is 62.4 cm³/mol. The van der Waals surface area contributed by atoms with Gasteiger partial charge in [0, 0.05) is 12.7 Å². The van der Waals surface area contributed by atoms with E-state index in [1.54, 1.807) is 0 Å². The number of aromatic amines is 2. The van der Waals surface area contributed by atoms with Gasteiger partial charge in [0.1, 0.15) is 0 Å². The molecule has 0 saturated carbocycles. The molecule has 7 nitrogen and oxygen atoms in total. The molecule has 3 N–H and O–H groups in total. The zero-order valence-electron chi connectivity index (χ0n) is 9.45. The summed E-state index contributed by atoms with van der Waals surface area (Å²) < 4.78 is 25.6. The molecule has 96 valence electrons.